The monoisotopic (exact) mass is 338 g/mol. The molecule has 0 unspecified atom stereocenters. The number of hydrogen-bond acceptors (Lipinski definition) is 4. The van der Waals surface area contributed by atoms with Crippen LogP contribution in [0.2, 0.25) is 0 Å². The first-order valence-electron chi connectivity index (χ1n) is 7.98. The minimum absolute atomic E-state index is 0.00413. The van der Waals surface area contributed by atoms with E-state index >= 15 is 0 Å². The van der Waals surface area contributed by atoms with E-state index in [1.807, 2.05) is 0 Å². The number of sulfonamides is 1. The van der Waals surface area contributed by atoms with Crippen LogP contribution in [0.5, 0.6) is 0 Å². The molecular weight excluding hydrogens is 316 g/mol. The number of rotatable bonds is 4. The topological polar surface area (TPSA) is 77.9 Å². The van der Waals surface area contributed by atoms with Crippen LogP contribution in [0.15, 0.2) is 23.1 Å². The predicted octanol–water partition coefficient (Wildman–Crippen LogP) is 1.55. The molecular formula is C16H22N2O4S. The van der Waals surface area contributed by atoms with E-state index < -0.39 is 16.0 Å². The zero-order chi connectivity index (χ0) is 16.6. The first-order chi connectivity index (χ1) is 10.9. The molecule has 2 aliphatic rings. The van der Waals surface area contributed by atoms with Gasteiger partial charge in [0.1, 0.15) is 0 Å². The van der Waals surface area contributed by atoms with Gasteiger partial charge in [-0.1, -0.05) is 6.07 Å². The normalized spacial score (nSPS) is 23.4. The van der Waals surface area contributed by atoms with Gasteiger partial charge in [0.25, 0.3) is 0 Å². The molecule has 1 aromatic carbocycles. The number of aromatic carboxylic acids is 1. The average molecular weight is 338 g/mol. The number of hydrogen-bond donors (Lipinski definition) is 1. The van der Waals surface area contributed by atoms with Crippen LogP contribution >= 0.6 is 0 Å². The third-order valence-electron chi connectivity index (χ3n) is 4.84. The Morgan fingerprint density at radius 1 is 1.22 bits per heavy atom. The van der Waals surface area contributed by atoms with Crippen LogP contribution in [0.3, 0.4) is 0 Å². The van der Waals surface area contributed by atoms with Crippen LogP contribution in [0.1, 0.15) is 35.2 Å². The Hall–Kier alpha value is -1.44. The van der Waals surface area contributed by atoms with E-state index in [4.69, 9.17) is 5.11 Å². The van der Waals surface area contributed by atoms with Crippen LogP contribution < -0.4 is 0 Å². The maximum absolute atomic E-state index is 12.9. The number of carbonyl (C=O) groups is 1. The smallest absolute Gasteiger partial charge is 0.335 e. The Morgan fingerprint density at radius 3 is 2.57 bits per heavy atom. The quantitative estimate of drug-likeness (QED) is 0.901. The van der Waals surface area contributed by atoms with E-state index in [-0.39, 0.29) is 16.5 Å². The highest BCUT2D eigenvalue weighted by molar-refractivity contribution is 7.89. The second-order valence-electron chi connectivity index (χ2n) is 6.33. The molecule has 0 amide bonds. The number of likely N-dealkylation sites (tertiary alicyclic amines) is 1. The highest BCUT2D eigenvalue weighted by Crippen LogP contribution is 2.27. The Labute approximate surface area is 136 Å². The number of nitrogens with zero attached hydrogens (tertiary/aromatic N) is 2. The summed E-state index contributed by atoms with van der Waals surface area (Å²) in [5, 5.41) is 9.10. The van der Waals surface area contributed by atoms with Crippen LogP contribution in [-0.4, -0.2) is 60.9 Å². The molecule has 23 heavy (non-hydrogen) atoms. The second-order valence-corrected chi connectivity index (χ2v) is 8.24. The predicted molar refractivity (Wildman–Crippen MR) is 86.1 cm³/mol. The Kier molecular flexibility index (Phi) is 4.44. The fourth-order valence-electron chi connectivity index (χ4n) is 3.48. The molecule has 1 N–H and O–H groups in total. The molecule has 0 radical (unpaired) electrons. The number of benzene rings is 1. The molecule has 2 saturated heterocycles. The highest BCUT2D eigenvalue weighted by Gasteiger charge is 2.36. The van der Waals surface area contributed by atoms with E-state index in [1.165, 1.54) is 29.3 Å². The van der Waals surface area contributed by atoms with Crippen molar-refractivity contribution >= 4 is 16.0 Å². The lowest BCUT2D eigenvalue weighted by molar-refractivity contribution is 0.0696. The van der Waals surface area contributed by atoms with Gasteiger partial charge < -0.3 is 5.11 Å². The first kappa shape index (κ1) is 16.4. The van der Waals surface area contributed by atoms with Crippen molar-refractivity contribution in [3.63, 3.8) is 0 Å². The van der Waals surface area contributed by atoms with Gasteiger partial charge in [0.05, 0.1) is 10.5 Å². The standard InChI is InChI=1S/C16H22N2O4S/c1-12-4-5-13(16(19)20)10-15(12)23(21,22)18-9-6-14(11-18)17-7-2-3-8-17/h4-5,10,14H,2-3,6-9,11H2,1H3,(H,19,20)/t14-/m0/s1. The molecule has 3 rings (SSSR count). The van der Waals surface area contributed by atoms with Gasteiger partial charge in [0.15, 0.2) is 0 Å². The lowest BCUT2D eigenvalue weighted by Crippen LogP contribution is -2.37. The second kappa shape index (κ2) is 6.22. The fraction of sp³-hybridized carbons (Fsp3) is 0.562. The summed E-state index contributed by atoms with van der Waals surface area (Å²) in [5.41, 5.74) is 0.587. The molecule has 2 fully saturated rings. The maximum Gasteiger partial charge on any atom is 0.335 e. The Balaban J connectivity index is 1.84. The molecule has 1 aromatic rings. The zero-order valence-corrected chi connectivity index (χ0v) is 14.1. The summed E-state index contributed by atoms with van der Waals surface area (Å²) in [6, 6.07) is 4.56. The Morgan fingerprint density at radius 2 is 1.91 bits per heavy atom. The fourth-order valence-corrected chi connectivity index (χ4v) is 5.23. The summed E-state index contributed by atoms with van der Waals surface area (Å²) >= 11 is 0. The summed E-state index contributed by atoms with van der Waals surface area (Å²) in [4.78, 5) is 13.6. The largest absolute Gasteiger partial charge is 0.478 e. The summed E-state index contributed by atoms with van der Waals surface area (Å²) in [6.45, 7) is 4.80. The average Bonchev–Trinajstić information content (AvgIpc) is 3.18. The molecule has 0 aliphatic carbocycles. The number of carboxylic acid groups (broad SMARTS) is 1. The minimum Gasteiger partial charge on any atom is -0.478 e. The van der Waals surface area contributed by atoms with Gasteiger partial charge in [-0.05, 0) is 57.0 Å². The first-order valence-corrected chi connectivity index (χ1v) is 9.42. The minimum atomic E-state index is -3.64. The van der Waals surface area contributed by atoms with Crippen molar-refractivity contribution in [3.05, 3.63) is 29.3 Å². The molecule has 2 heterocycles. The van der Waals surface area contributed by atoms with Gasteiger partial charge in [0, 0.05) is 19.1 Å². The van der Waals surface area contributed by atoms with Crippen LogP contribution in [0.4, 0.5) is 0 Å². The van der Waals surface area contributed by atoms with E-state index in [0.29, 0.717) is 18.7 Å². The van der Waals surface area contributed by atoms with Gasteiger partial charge in [-0.15, -0.1) is 0 Å². The van der Waals surface area contributed by atoms with E-state index in [0.717, 1.165) is 19.5 Å². The number of aryl methyl sites for hydroxylation is 1. The molecule has 1 atom stereocenters. The third kappa shape index (κ3) is 3.13. The third-order valence-corrected chi connectivity index (χ3v) is 6.84. The molecule has 0 aromatic heterocycles. The van der Waals surface area contributed by atoms with Gasteiger partial charge in [-0.3, -0.25) is 4.90 Å². The summed E-state index contributed by atoms with van der Waals surface area (Å²) in [7, 11) is -3.64. The maximum atomic E-state index is 12.9. The van der Waals surface area contributed by atoms with E-state index in [9.17, 15) is 13.2 Å². The van der Waals surface area contributed by atoms with Gasteiger partial charge in [-0.25, -0.2) is 13.2 Å². The molecule has 6 nitrogen and oxygen atoms in total. The van der Waals surface area contributed by atoms with Crippen molar-refractivity contribution < 1.29 is 18.3 Å². The van der Waals surface area contributed by atoms with E-state index in [1.54, 1.807) is 13.0 Å². The molecule has 7 heteroatoms. The molecule has 0 bridgehead atoms. The Bertz CT molecular complexity index is 711. The lowest BCUT2D eigenvalue weighted by Gasteiger charge is -2.24. The van der Waals surface area contributed by atoms with Crippen molar-refractivity contribution in [2.24, 2.45) is 0 Å². The van der Waals surface area contributed by atoms with Crippen LogP contribution in [0, 0.1) is 6.92 Å². The molecule has 0 spiro atoms. The SMILES string of the molecule is Cc1ccc(C(=O)O)cc1S(=O)(=O)N1CC[C@H](N2CCCC2)C1. The summed E-state index contributed by atoms with van der Waals surface area (Å²) in [6.07, 6.45) is 3.21. The highest BCUT2D eigenvalue weighted by atomic mass is 32.2. The van der Waals surface area contributed by atoms with Gasteiger partial charge in [-0.2, -0.15) is 4.31 Å². The zero-order valence-electron chi connectivity index (χ0n) is 13.2. The van der Waals surface area contributed by atoms with Crippen molar-refractivity contribution in [2.75, 3.05) is 26.2 Å². The van der Waals surface area contributed by atoms with Gasteiger partial charge >= 0.3 is 5.97 Å². The summed E-state index contributed by atoms with van der Waals surface area (Å²) < 4.78 is 27.3. The van der Waals surface area contributed by atoms with Crippen molar-refractivity contribution in [1.82, 2.24) is 9.21 Å². The van der Waals surface area contributed by atoms with Crippen LogP contribution in [0.25, 0.3) is 0 Å². The van der Waals surface area contributed by atoms with Crippen molar-refractivity contribution in [1.29, 1.82) is 0 Å². The molecule has 2 aliphatic heterocycles. The van der Waals surface area contributed by atoms with Crippen molar-refractivity contribution in [3.8, 4) is 0 Å². The summed E-state index contributed by atoms with van der Waals surface area (Å²) in [5.74, 6) is -1.11. The molecule has 126 valence electrons. The number of carboxylic acids is 1. The lowest BCUT2D eigenvalue weighted by atomic mass is 10.1. The van der Waals surface area contributed by atoms with Crippen molar-refractivity contribution in [2.45, 2.75) is 37.1 Å². The molecule has 0 saturated carbocycles. The van der Waals surface area contributed by atoms with Gasteiger partial charge in [0.2, 0.25) is 10.0 Å². The van der Waals surface area contributed by atoms with E-state index in [2.05, 4.69) is 4.90 Å². The van der Waals surface area contributed by atoms with Crippen LogP contribution in [-0.2, 0) is 10.0 Å².